The predicted octanol–water partition coefficient (Wildman–Crippen LogP) is 2.76. The number of halogens is 2. The van der Waals surface area contributed by atoms with Crippen LogP contribution in [0.4, 0.5) is 10.1 Å². The average molecular weight is 271 g/mol. The second-order valence-corrected chi connectivity index (χ2v) is 5.10. The topological polar surface area (TPSA) is 32.3 Å². The molecule has 18 heavy (non-hydrogen) atoms. The van der Waals surface area contributed by atoms with Gasteiger partial charge in [0.1, 0.15) is 5.82 Å². The highest BCUT2D eigenvalue weighted by atomic mass is 35.5. The van der Waals surface area contributed by atoms with E-state index in [1.807, 2.05) is 7.05 Å². The molecule has 1 aliphatic rings. The first-order valence-electron chi connectivity index (χ1n) is 6.00. The van der Waals surface area contributed by atoms with Gasteiger partial charge in [0.25, 0.3) is 0 Å². The summed E-state index contributed by atoms with van der Waals surface area (Å²) in [7, 11) is 2.05. The number of amides is 1. The monoisotopic (exact) mass is 270 g/mol. The molecule has 0 bridgehead atoms. The van der Waals surface area contributed by atoms with Gasteiger partial charge in [0.2, 0.25) is 5.91 Å². The summed E-state index contributed by atoms with van der Waals surface area (Å²) in [6, 6.07) is 4.21. The number of nitrogens with one attached hydrogen (secondary N) is 1. The number of rotatable bonds is 2. The molecule has 1 aromatic rings. The minimum absolute atomic E-state index is 0.00854. The van der Waals surface area contributed by atoms with E-state index >= 15 is 0 Å². The van der Waals surface area contributed by atoms with E-state index in [1.54, 1.807) is 0 Å². The van der Waals surface area contributed by atoms with Crippen LogP contribution in [0.25, 0.3) is 0 Å². The molecule has 0 aromatic heterocycles. The Morgan fingerprint density at radius 1 is 1.44 bits per heavy atom. The summed E-state index contributed by atoms with van der Waals surface area (Å²) >= 11 is 5.67. The lowest BCUT2D eigenvalue weighted by Gasteiger charge is -2.28. The van der Waals surface area contributed by atoms with Gasteiger partial charge in [-0.2, -0.15) is 0 Å². The van der Waals surface area contributed by atoms with Gasteiger partial charge in [0.05, 0.1) is 5.02 Å². The van der Waals surface area contributed by atoms with E-state index in [9.17, 15) is 9.18 Å². The molecule has 1 fully saturated rings. The van der Waals surface area contributed by atoms with Gasteiger partial charge in [-0.15, -0.1) is 0 Å². The fraction of sp³-hybridized carbons (Fsp3) is 0.462. The van der Waals surface area contributed by atoms with E-state index in [4.69, 9.17) is 11.6 Å². The lowest BCUT2D eigenvalue weighted by atomic mass is 9.96. The van der Waals surface area contributed by atoms with E-state index in [0.717, 1.165) is 25.9 Å². The van der Waals surface area contributed by atoms with Crippen molar-refractivity contribution in [2.45, 2.75) is 12.8 Å². The van der Waals surface area contributed by atoms with Crippen molar-refractivity contribution in [2.75, 3.05) is 25.5 Å². The Bertz CT molecular complexity index is 445. The molecule has 1 aromatic carbocycles. The molecule has 1 amide bonds. The number of piperidine rings is 1. The molecule has 5 heteroatoms. The van der Waals surface area contributed by atoms with Crippen LogP contribution in [0.1, 0.15) is 12.8 Å². The number of benzene rings is 1. The fourth-order valence-electron chi connectivity index (χ4n) is 2.09. The Morgan fingerprint density at radius 2 is 2.11 bits per heavy atom. The van der Waals surface area contributed by atoms with E-state index in [2.05, 4.69) is 10.2 Å². The van der Waals surface area contributed by atoms with Crippen LogP contribution < -0.4 is 5.32 Å². The second kappa shape index (κ2) is 5.67. The third-order valence-corrected chi connectivity index (χ3v) is 3.57. The highest BCUT2D eigenvalue weighted by Crippen LogP contribution is 2.22. The molecular weight excluding hydrogens is 255 g/mol. The minimum atomic E-state index is -0.478. The van der Waals surface area contributed by atoms with Gasteiger partial charge in [-0.3, -0.25) is 4.79 Å². The number of hydrogen-bond acceptors (Lipinski definition) is 2. The third kappa shape index (κ3) is 3.21. The number of hydrogen-bond donors (Lipinski definition) is 1. The van der Waals surface area contributed by atoms with Crippen LogP contribution in [0.5, 0.6) is 0 Å². The molecule has 1 aliphatic heterocycles. The molecule has 0 atom stereocenters. The molecule has 0 saturated carbocycles. The number of carbonyl (C=O) groups excluding carboxylic acids is 1. The van der Waals surface area contributed by atoms with Gasteiger partial charge in [-0.25, -0.2) is 4.39 Å². The summed E-state index contributed by atoms with van der Waals surface area (Å²) in [6.45, 7) is 1.87. The lowest BCUT2D eigenvalue weighted by molar-refractivity contribution is -0.121. The number of anilines is 1. The van der Waals surface area contributed by atoms with Crippen molar-refractivity contribution in [3.05, 3.63) is 29.0 Å². The maximum atomic E-state index is 13.0. The van der Waals surface area contributed by atoms with E-state index < -0.39 is 5.82 Å². The van der Waals surface area contributed by atoms with Gasteiger partial charge < -0.3 is 10.2 Å². The maximum absolute atomic E-state index is 13.0. The summed E-state index contributed by atoms with van der Waals surface area (Å²) in [6.07, 6.45) is 1.72. The zero-order valence-electron chi connectivity index (χ0n) is 10.2. The normalized spacial score (nSPS) is 17.7. The summed E-state index contributed by atoms with van der Waals surface area (Å²) in [5, 5.41) is 2.81. The standard InChI is InChI=1S/C13H16ClFN2O/c1-17-6-4-9(5-7-17)13(18)16-10-2-3-12(15)11(14)8-10/h2-3,8-9H,4-7H2,1H3,(H,16,18). The summed E-state index contributed by atoms with van der Waals surface area (Å²) in [5.74, 6) is -0.454. The van der Waals surface area contributed by atoms with Gasteiger partial charge in [-0.1, -0.05) is 11.6 Å². The molecule has 1 heterocycles. The highest BCUT2D eigenvalue weighted by molar-refractivity contribution is 6.31. The van der Waals surface area contributed by atoms with Crippen LogP contribution in [0.15, 0.2) is 18.2 Å². The molecule has 2 rings (SSSR count). The molecule has 1 N–H and O–H groups in total. The van der Waals surface area contributed by atoms with Crippen molar-refractivity contribution >= 4 is 23.2 Å². The predicted molar refractivity (Wildman–Crippen MR) is 70.3 cm³/mol. The molecule has 0 spiro atoms. The van der Waals surface area contributed by atoms with Crippen molar-refractivity contribution in [3.8, 4) is 0 Å². The van der Waals surface area contributed by atoms with Crippen LogP contribution in [0, 0.1) is 11.7 Å². The van der Waals surface area contributed by atoms with Gasteiger partial charge in [0, 0.05) is 11.6 Å². The van der Waals surface area contributed by atoms with Crippen LogP contribution in [-0.2, 0) is 4.79 Å². The van der Waals surface area contributed by atoms with Crippen molar-refractivity contribution < 1.29 is 9.18 Å². The number of nitrogens with zero attached hydrogens (tertiary/aromatic N) is 1. The Balaban J connectivity index is 1.96. The molecule has 0 unspecified atom stereocenters. The molecule has 1 saturated heterocycles. The first-order chi connectivity index (χ1) is 8.56. The zero-order valence-corrected chi connectivity index (χ0v) is 11.0. The molecule has 3 nitrogen and oxygen atoms in total. The quantitative estimate of drug-likeness (QED) is 0.896. The van der Waals surface area contributed by atoms with Crippen LogP contribution >= 0.6 is 11.6 Å². The highest BCUT2D eigenvalue weighted by Gasteiger charge is 2.23. The first kappa shape index (κ1) is 13.3. The first-order valence-corrected chi connectivity index (χ1v) is 6.38. The van der Waals surface area contributed by atoms with Crippen molar-refractivity contribution in [2.24, 2.45) is 5.92 Å². The Kier molecular flexibility index (Phi) is 4.19. The van der Waals surface area contributed by atoms with Crippen LogP contribution in [0.3, 0.4) is 0 Å². The zero-order chi connectivity index (χ0) is 13.1. The number of likely N-dealkylation sites (tertiary alicyclic amines) is 1. The Labute approximate surface area is 111 Å². The smallest absolute Gasteiger partial charge is 0.227 e. The lowest BCUT2D eigenvalue weighted by Crippen LogP contribution is -2.35. The Hall–Kier alpha value is -1.13. The minimum Gasteiger partial charge on any atom is -0.326 e. The van der Waals surface area contributed by atoms with E-state index in [1.165, 1.54) is 18.2 Å². The van der Waals surface area contributed by atoms with Crippen LogP contribution in [0.2, 0.25) is 5.02 Å². The summed E-state index contributed by atoms with van der Waals surface area (Å²) in [4.78, 5) is 14.2. The van der Waals surface area contributed by atoms with Crippen molar-refractivity contribution in [1.82, 2.24) is 4.90 Å². The fourth-order valence-corrected chi connectivity index (χ4v) is 2.27. The molecule has 0 aliphatic carbocycles. The van der Waals surface area contributed by atoms with Gasteiger partial charge >= 0.3 is 0 Å². The Morgan fingerprint density at radius 3 is 2.72 bits per heavy atom. The number of carbonyl (C=O) groups is 1. The summed E-state index contributed by atoms with van der Waals surface area (Å²) in [5.41, 5.74) is 0.547. The summed E-state index contributed by atoms with van der Waals surface area (Å²) < 4.78 is 13.0. The van der Waals surface area contributed by atoms with E-state index in [-0.39, 0.29) is 16.8 Å². The van der Waals surface area contributed by atoms with E-state index in [0.29, 0.717) is 5.69 Å². The molecule has 98 valence electrons. The van der Waals surface area contributed by atoms with Gasteiger partial charge in [0.15, 0.2) is 0 Å². The van der Waals surface area contributed by atoms with Crippen LogP contribution in [-0.4, -0.2) is 30.9 Å². The third-order valence-electron chi connectivity index (χ3n) is 3.28. The van der Waals surface area contributed by atoms with Crippen molar-refractivity contribution in [1.29, 1.82) is 0 Å². The van der Waals surface area contributed by atoms with Crippen molar-refractivity contribution in [3.63, 3.8) is 0 Å². The average Bonchev–Trinajstić information content (AvgIpc) is 2.34. The molecule has 0 radical (unpaired) electrons. The second-order valence-electron chi connectivity index (χ2n) is 4.70. The maximum Gasteiger partial charge on any atom is 0.227 e. The SMILES string of the molecule is CN1CCC(C(=O)Nc2ccc(F)c(Cl)c2)CC1. The van der Waals surface area contributed by atoms with Gasteiger partial charge in [-0.05, 0) is 51.2 Å². The largest absolute Gasteiger partial charge is 0.326 e. The molecular formula is C13H16ClFN2O.